The highest BCUT2D eigenvalue weighted by molar-refractivity contribution is 6.30. The van der Waals surface area contributed by atoms with Crippen LogP contribution in [0.25, 0.3) is 0 Å². The van der Waals surface area contributed by atoms with Crippen LogP contribution in [0.15, 0.2) is 72.8 Å². The molecule has 0 saturated heterocycles. The molecular formula is C23H20ClN3O3. The maximum Gasteiger partial charge on any atom is 0.323 e. The number of anilines is 3. The number of halogens is 1. The number of benzene rings is 3. The van der Waals surface area contributed by atoms with Gasteiger partial charge in [-0.1, -0.05) is 41.9 Å². The number of hydrogen-bond donors (Lipinski definition) is 2. The Morgan fingerprint density at radius 1 is 1.00 bits per heavy atom. The van der Waals surface area contributed by atoms with E-state index in [0.717, 1.165) is 5.56 Å². The number of amides is 3. The molecule has 3 aromatic carbocycles. The van der Waals surface area contributed by atoms with Crippen molar-refractivity contribution in [2.24, 2.45) is 0 Å². The molecule has 6 nitrogen and oxygen atoms in total. The fraction of sp³-hybridized carbons (Fsp3) is 0.130. The quantitative estimate of drug-likeness (QED) is 0.600. The summed E-state index contributed by atoms with van der Waals surface area (Å²) in [7, 11) is 0. The first-order chi connectivity index (χ1) is 14.5. The zero-order valence-electron chi connectivity index (χ0n) is 16.3. The Morgan fingerprint density at radius 3 is 2.40 bits per heavy atom. The van der Waals surface area contributed by atoms with E-state index in [1.54, 1.807) is 54.3 Å². The number of nitrogens with one attached hydrogen (secondary N) is 2. The lowest BCUT2D eigenvalue weighted by Gasteiger charge is -2.33. The van der Waals surface area contributed by atoms with Crippen LogP contribution < -0.4 is 20.3 Å². The van der Waals surface area contributed by atoms with Crippen LogP contribution in [0.3, 0.4) is 0 Å². The molecule has 1 unspecified atom stereocenters. The van der Waals surface area contributed by atoms with Crippen molar-refractivity contribution in [1.82, 2.24) is 0 Å². The normalized spacial score (nSPS) is 15.2. The molecule has 0 aromatic heterocycles. The van der Waals surface area contributed by atoms with Gasteiger partial charge in [-0.3, -0.25) is 4.79 Å². The van der Waals surface area contributed by atoms with E-state index in [-0.39, 0.29) is 5.91 Å². The molecule has 7 heteroatoms. The van der Waals surface area contributed by atoms with Gasteiger partial charge in [0.15, 0.2) is 6.10 Å². The zero-order valence-corrected chi connectivity index (χ0v) is 17.0. The molecule has 1 atom stereocenters. The molecule has 0 fully saturated rings. The molecule has 152 valence electrons. The third-order valence-electron chi connectivity index (χ3n) is 4.71. The maximum atomic E-state index is 12.7. The molecule has 30 heavy (non-hydrogen) atoms. The Morgan fingerprint density at radius 2 is 1.67 bits per heavy atom. The Labute approximate surface area is 179 Å². The van der Waals surface area contributed by atoms with Crippen molar-refractivity contribution in [1.29, 1.82) is 0 Å². The summed E-state index contributed by atoms with van der Waals surface area (Å²) >= 11 is 5.86. The number of ether oxygens (including phenoxy) is 1. The van der Waals surface area contributed by atoms with Crippen molar-refractivity contribution < 1.29 is 14.3 Å². The lowest BCUT2D eigenvalue weighted by molar-refractivity contribution is -0.125. The van der Waals surface area contributed by atoms with E-state index in [2.05, 4.69) is 10.6 Å². The average Bonchev–Trinajstić information content (AvgIpc) is 2.74. The van der Waals surface area contributed by atoms with Crippen molar-refractivity contribution in [3.8, 4) is 5.75 Å². The highest BCUT2D eigenvalue weighted by Crippen LogP contribution is 2.37. The molecule has 2 N–H and O–H groups in total. The second-order valence-corrected chi connectivity index (χ2v) is 7.38. The number of carbonyl (C=O) groups excluding carboxylic acids is 2. The molecule has 0 bridgehead atoms. The average molecular weight is 422 g/mol. The maximum absolute atomic E-state index is 12.7. The number of fused-ring (bicyclic) bond motifs is 1. The van der Waals surface area contributed by atoms with Crippen LogP contribution in [0.1, 0.15) is 12.5 Å². The number of urea groups is 1. The standard InChI is InChI=1S/C23H20ClN3O3/c1-15-22(28)27(14-16-5-3-2-4-6-16)20-12-11-19(13-21(20)30-15)26-23(29)25-18-9-7-17(24)8-10-18/h2-13,15H,14H2,1H3,(H2,25,26,29). The van der Waals surface area contributed by atoms with Crippen LogP contribution in [0.2, 0.25) is 5.02 Å². The summed E-state index contributed by atoms with van der Waals surface area (Å²) in [5, 5.41) is 6.11. The highest BCUT2D eigenvalue weighted by atomic mass is 35.5. The Hall–Kier alpha value is -3.51. The second-order valence-electron chi connectivity index (χ2n) is 6.94. The third-order valence-corrected chi connectivity index (χ3v) is 4.96. The van der Waals surface area contributed by atoms with Gasteiger partial charge in [0.05, 0.1) is 12.2 Å². The van der Waals surface area contributed by atoms with Crippen LogP contribution in [0, 0.1) is 0 Å². The molecule has 1 heterocycles. The summed E-state index contributed by atoms with van der Waals surface area (Å²) in [5.41, 5.74) is 2.88. The van der Waals surface area contributed by atoms with Crippen LogP contribution in [-0.4, -0.2) is 18.0 Å². The van der Waals surface area contributed by atoms with E-state index in [9.17, 15) is 9.59 Å². The van der Waals surface area contributed by atoms with Crippen molar-refractivity contribution >= 4 is 40.6 Å². The van der Waals surface area contributed by atoms with Crippen LogP contribution in [0.4, 0.5) is 21.9 Å². The minimum Gasteiger partial charge on any atom is -0.479 e. The van der Waals surface area contributed by atoms with Gasteiger partial charge in [0, 0.05) is 22.5 Å². The first-order valence-electron chi connectivity index (χ1n) is 9.49. The van der Waals surface area contributed by atoms with Gasteiger partial charge in [-0.15, -0.1) is 0 Å². The molecule has 1 aliphatic rings. The van der Waals surface area contributed by atoms with Crippen molar-refractivity contribution in [3.63, 3.8) is 0 Å². The number of hydrogen-bond acceptors (Lipinski definition) is 3. The fourth-order valence-corrected chi connectivity index (χ4v) is 3.37. The molecule has 0 spiro atoms. The van der Waals surface area contributed by atoms with E-state index in [1.165, 1.54) is 0 Å². The summed E-state index contributed by atoms with van der Waals surface area (Å²) in [5.74, 6) is 0.440. The number of carbonyl (C=O) groups is 2. The Balaban J connectivity index is 1.51. The van der Waals surface area contributed by atoms with E-state index < -0.39 is 12.1 Å². The van der Waals surface area contributed by atoms with Crippen molar-refractivity contribution in [2.45, 2.75) is 19.6 Å². The molecular weight excluding hydrogens is 402 g/mol. The van der Waals surface area contributed by atoms with Gasteiger partial charge in [0.25, 0.3) is 5.91 Å². The third kappa shape index (κ3) is 4.39. The predicted molar refractivity (Wildman–Crippen MR) is 118 cm³/mol. The molecule has 4 rings (SSSR count). The lowest BCUT2D eigenvalue weighted by atomic mass is 10.1. The summed E-state index contributed by atoms with van der Waals surface area (Å²) < 4.78 is 5.79. The first-order valence-corrected chi connectivity index (χ1v) is 9.87. The smallest absolute Gasteiger partial charge is 0.323 e. The molecule has 0 aliphatic carbocycles. The molecule has 0 radical (unpaired) electrons. The number of rotatable bonds is 4. The van der Waals surface area contributed by atoms with Crippen molar-refractivity contribution in [3.05, 3.63) is 83.4 Å². The molecule has 0 saturated carbocycles. The zero-order chi connectivity index (χ0) is 21.1. The minimum atomic E-state index is -0.612. The summed E-state index contributed by atoms with van der Waals surface area (Å²) in [6.45, 7) is 2.17. The molecule has 3 amide bonds. The largest absolute Gasteiger partial charge is 0.479 e. The van der Waals surface area contributed by atoms with E-state index in [1.807, 2.05) is 30.3 Å². The van der Waals surface area contributed by atoms with Gasteiger partial charge in [-0.2, -0.15) is 0 Å². The fourth-order valence-electron chi connectivity index (χ4n) is 3.24. The van der Waals surface area contributed by atoms with E-state index in [0.29, 0.717) is 34.4 Å². The van der Waals surface area contributed by atoms with Crippen LogP contribution in [0.5, 0.6) is 5.75 Å². The Bertz CT molecular complexity index is 1070. The van der Waals surface area contributed by atoms with Gasteiger partial charge < -0.3 is 20.3 Å². The molecule has 1 aliphatic heterocycles. The Kier molecular flexibility index (Phi) is 5.59. The van der Waals surface area contributed by atoms with E-state index >= 15 is 0 Å². The van der Waals surface area contributed by atoms with Gasteiger partial charge in [-0.25, -0.2) is 4.79 Å². The predicted octanol–water partition coefficient (Wildman–Crippen LogP) is 5.30. The summed E-state index contributed by atoms with van der Waals surface area (Å²) in [4.78, 5) is 26.7. The van der Waals surface area contributed by atoms with Crippen LogP contribution in [-0.2, 0) is 11.3 Å². The topological polar surface area (TPSA) is 70.7 Å². The highest BCUT2D eigenvalue weighted by Gasteiger charge is 2.31. The van der Waals surface area contributed by atoms with Crippen molar-refractivity contribution in [2.75, 3.05) is 15.5 Å². The van der Waals surface area contributed by atoms with Crippen LogP contribution >= 0.6 is 11.6 Å². The summed E-state index contributed by atoms with van der Waals surface area (Å²) in [6.07, 6.45) is -0.612. The summed E-state index contributed by atoms with van der Waals surface area (Å²) in [6, 6.07) is 21.4. The van der Waals surface area contributed by atoms with E-state index in [4.69, 9.17) is 16.3 Å². The number of nitrogens with zero attached hydrogens (tertiary/aromatic N) is 1. The second kappa shape index (κ2) is 8.47. The molecule has 3 aromatic rings. The van der Waals surface area contributed by atoms with Gasteiger partial charge in [0.1, 0.15) is 5.75 Å². The SMILES string of the molecule is CC1Oc2cc(NC(=O)Nc3ccc(Cl)cc3)ccc2N(Cc2ccccc2)C1=O. The van der Waals surface area contributed by atoms with Gasteiger partial charge in [-0.05, 0) is 48.9 Å². The van der Waals surface area contributed by atoms with Gasteiger partial charge in [0.2, 0.25) is 0 Å². The minimum absolute atomic E-state index is 0.104. The monoisotopic (exact) mass is 421 g/mol. The van der Waals surface area contributed by atoms with Gasteiger partial charge >= 0.3 is 6.03 Å². The lowest BCUT2D eigenvalue weighted by Crippen LogP contribution is -2.44. The first kappa shape index (κ1) is 19.8.